The fraction of sp³-hybridized carbons (Fsp3) is 0.167. The second-order valence-electron chi connectivity index (χ2n) is 7.25. The van der Waals surface area contributed by atoms with E-state index < -0.39 is 22.6 Å². The van der Waals surface area contributed by atoms with Crippen molar-refractivity contribution in [3.05, 3.63) is 101 Å². The molecule has 0 unspecified atom stereocenters. The van der Waals surface area contributed by atoms with E-state index >= 15 is 0 Å². The lowest BCUT2D eigenvalue weighted by molar-refractivity contribution is 0.0474. The zero-order chi connectivity index (χ0) is 21.8. The summed E-state index contributed by atoms with van der Waals surface area (Å²) in [6.45, 7) is 0.251. The number of rotatable bonds is 6. The lowest BCUT2D eigenvalue weighted by Gasteiger charge is -2.28. The van der Waals surface area contributed by atoms with Gasteiger partial charge in [-0.15, -0.1) is 0 Å². The van der Waals surface area contributed by atoms with Crippen LogP contribution < -0.4 is 0 Å². The summed E-state index contributed by atoms with van der Waals surface area (Å²) in [5, 5.41) is 0. The van der Waals surface area contributed by atoms with Crippen LogP contribution in [-0.2, 0) is 27.7 Å². The van der Waals surface area contributed by atoms with Gasteiger partial charge in [0.05, 0.1) is 10.5 Å². The maximum atomic E-state index is 13.1. The molecule has 6 nitrogen and oxygen atoms in total. The minimum Gasteiger partial charge on any atom is -0.454 e. The van der Waals surface area contributed by atoms with E-state index in [0.29, 0.717) is 25.1 Å². The Kier molecular flexibility index (Phi) is 5.97. The van der Waals surface area contributed by atoms with E-state index in [1.165, 1.54) is 28.6 Å². The first kappa shape index (κ1) is 21.0. The Balaban J connectivity index is 1.47. The van der Waals surface area contributed by atoms with E-state index in [1.54, 1.807) is 30.3 Å². The fourth-order valence-electron chi connectivity index (χ4n) is 3.53. The number of Topliss-reactive ketones (excluding diaryl/α,β-unsaturated/α-hetero) is 1. The number of ether oxygens (including phenoxy) is 1. The van der Waals surface area contributed by atoms with Crippen LogP contribution in [-0.4, -0.2) is 37.6 Å². The van der Waals surface area contributed by atoms with Crippen molar-refractivity contribution in [2.75, 3.05) is 13.2 Å². The third-order valence-corrected chi connectivity index (χ3v) is 7.07. The maximum Gasteiger partial charge on any atom is 0.338 e. The third-order valence-electron chi connectivity index (χ3n) is 5.23. The van der Waals surface area contributed by atoms with Gasteiger partial charge in [-0.25, -0.2) is 13.2 Å². The smallest absolute Gasteiger partial charge is 0.338 e. The number of fused-ring (bicyclic) bond motifs is 1. The molecule has 0 spiro atoms. The number of benzene rings is 3. The Morgan fingerprint density at radius 3 is 2.29 bits per heavy atom. The van der Waals surface area contributed by atoms with E-state index in [9.17, 15) is 18.0 Å². The number of esters is 1. The van der Waals surface area contributed by atoms with Crippen molar-refractivity contribution in [1.82, 2.24) is 4.31 Å². The minimum atomic E-state index is -3.78. The first-order valence-electron chi connectivity index (χ1n) is 9.87. The molecule has 7 heteroatoms. The van der Waals surface area contributed by atoms with Gasteiger partial charge >= 0.3 is 5.97 Å². The molecule has 0 radical (unpaired) electrons. The lowest BCUT2D eigenvalue weighted by atomic mass is 10.0. The van der Waals surface area contributed by atoms with Gasteiger partial charge in [-0.2, -0.15) is 4.31 Å². The number of carbonyl (C=O) groups excluding carboxylic acids is 2. The molecule has 0 amide bonds. The SMILES string of the molecule is O=C(COC(=O)c1cccc(S(=O)(=O)N2CCc3ccccc3C2)c1)c1ccccc1. The van der Waals surface area contributed by atoms with Crippen LogP contribution in [0.2, 0.25) is 0 Å². The van der Waals surface area contributed by atoms with Crippen molar-refractivity contribution in [1.29, 1.82) is 0 Å². The van der Waals surface area contributed by atoms with Crippen LogP contribution in [0.4, 0.5) is 0 Å². The quantitative estimate of drug-likeness (QED) is 0.437. The van der Waals surface area contributed by atoms with Crippen LogP contribution in [0.25, 0.3) is 0 Å². The van der Waals surface area contributed by atoms with Gasteiger partial charge in [0.15, 0.2) is 12.4 Å². The fourth-order valence-corrected chi connectivity index (χ4v) is 4.99. The van der Waals surface area contributed by atoms with Crippen molar-refractivity contribution >= 4 is 21.8 Å². The second-order valence-corrected chi connectivity index (χ2v) is 9.19. The van der Waals surface area contributed by atoms with Crippen LogP contribution in [0.5, 0.6) is 0 Å². The zero-order valence-electron chi connectivity index (χ0n) is 16.7. The molecule has 0 N–H and O–H groups in total. The summed E-state index contributed by atoms with van der Waals surface area (Å²) in [6, 6.07) is 22.0. The van der Waals surface area contributed by atoms with Crippen molar-refractivity contribution in [2.24, 2.45) is 0 Å². The summed E-state index contributed by atoms with van der Waals surface area (Å²) in [7, 11) is -3.78. The highest BCUT2D eigenvalue weighted by Gasteiger charge is 2.28. The normalized spacial score (nSPS) is 13.9. The zero-order valence-corrected chi connectivity index (χ0v) is 17.5. The van der Waals surface area contributed by atoms with E-state index in [2.05, 4.69) is 0 Å². The molecule has 0 aliphatic carbocycles. The summed E-state index contributed by atoms with van der Waals surface area (Å²) in [4.78, 5) is 24.6. The highest BCUT2D eigenvalue weighted by Crippen LogP contribution is 2.25. The Labute approximate surface area is 181 Å². The minimum absolute atomic E-state index is 0.0238. The molecule has 0 saturated carbocycles. The molecule has 3 aromatic rings. The van der Waals surface area contributed by atoms with Gasteiger partial charge in [-0.05, 0) is 35.7 Å². The van der Waals surface area contributed by atoms with Crippen molar-refractivity contribution < 1.29 is 22.7 Å². The Morgan fingerprint density at radius 1 is 0.839 bits per heavy atom. The molecular formula is C24H21NO5S. The van der Waals surface area contributed by atoms with E-state index in [0.717, 1.165) is 11.1 Å². The summed E-state index contributed by atoms with van der Waals surface area (Å²) in [6.07, 6.45) is 0.638. The predicted octanol–water partition coefficient (Wildman–Crippen LogP) is 3.47. The number of hydrogen-bond acceptors (Lipinski definition) is 5. The van der Waals surface area contributed by atoms with E-state index in [-0.39, 0.29) is 16.2 Å². The van der Waals surface area contributed by atoms with Gasteiger partial charge in [-0.3, -0.25) is 4.79 Å². The molecule has 0 atom stereocenters. The average molecular weight is 436 g/mol. The first-order valence-corrected chi connectivity index (χ1v) is 11.3. The summed E-state index contributed by atoms with van der Waals surface area (Å²) < 4.78 is 32.8. The van der Waals surface area contributed by atoms with Crippen molar-refractivity contribution in [2.45, 2.75) is 17.9 Å². The molecule has 0 bridgehead atoms. The maximum absolute atomic E-state index is 13.1. The standard InChI is InChI=1S/C24H21NO5S/c26-23(19-8-2-1-3-9-19)17-30-24(27)20-11-6-12-22(15-20)31(28,29)25-14-13-18-7-4-5-10-21(18)16-25/h1-12,15H,13-14,16-17H2. The number of carbonyl (C=O) groups is 2. The van der Waals surface area contributed by atoms with Gasteiger partial charge in [0, 0.05) is 18.7 Å². The second kappa shape index (κ2) is 8.83. The molecular weight excluding hydrogens is 414 g/mol. The molecule has 3 aromatic carbocycles. The number of nitrogens with zero attached hydrogens (tertiary/aromatic N) is 1. The lowest BCUT2D eigenvalue weighted by Crippen LogP contribution is -2.36. The molecule has 1 heterocycles. The summed E-state index contributed by atoms with van der Waals surface area (Å²) >= 11 is 0. The van der Waals surface area contributed by atoms with E-state index in [1.807, 2.05) is 24.3 Å². The Hall–Kier alpha value is -3.29. The summed E-state index contributed by atoms with van der Waals surface area (Å²) in [5.41, 5.74) is 2.65. The van der Waals surface area contributed by atoms with E-state index in [4.69, 9.17) is 4.74 Å². The first-order chi connectivity index (χ1) is 14.9. The number of hydrogen-bond donors (Lipinski definition) is 0. The monoisotopic (exact) mass is 435 g/mol. The van der Waals surface area contributed by atoms with Crippen molar-refractivity contribution in [3.63, 3.8) is 0 Å². The number of sulfonamides is 1. The topological polar surface area (TPSA) is 80.8 Å². The highest BCUT2D eigenvalue weighted by molar-refractivity contribution is 7.89. The van der Waals surface area contributed by atoms with Crippen LogP contribution >= 0.6 is 0 Å². The molecule has 1 aliphatic rings. The molecule has 0 fully saturated rings. The Bertz CT molecular complexity index is 1220. The predicted molar refractivity (Wildman–Crippen MR) is 115 cm³/mol. The van der Waals surface area contributed by atoms with Gasteiger partial charge in [-0.1, -0.05) is 60.7 Å². The number of ketones is 1. The highest BCUT2D eigenvalue weighted by atomic mass is 32.2. The molecule has 0 saturated heterocycles. The molecule has 0 aromatic heterocycles. The van der Waals surface area contributed by atoms with Gasteiger partial charge in [0.2, 0.25) is 10.0 Å². The molecule has 1 aliphatic heterocycles. The van der Waals surface area contributed by atoms with Crippen molar-refractivity contribution in [3.8, 4) is 0 Å². The van der Waals surface area contributed by atoms with Gasteiger partial charge in [0.1, 0.15) is 0 Å². The van der Waals surface area contributed by atoms with Crippen LogP contribution in [0.15, 0.2) is 83.8 Å². The molecule has 4 rings (SSSR count). The average Bonchev–Trinajstić information content (AvgIpc) is 2.82. The van der Waals surface area contributed by atoms with Crippen LogP contribution in [0.3, 0.4) is 0 Å². The molecule has 158 valence electrons. The van der Waals surface area contributed by atoms with Crippen LogP contribution in [0, 0.1) is 0 Å². The third kappa shape index (κ3) is 4.57. The van der Waals surface area contributed by atoms with Gasteiger partial charge in [0.25, 0.3) is 0 Å². The summed E-state index contributed by atoms with van der Waals surface area (Å²) in [5.74, 6) is -1.07. The molecule has 31 heavy (non-hydrogen) atoms. The Morgan fingerprint density at radius 2 is 1.52 bits per heavy atom. The largest absolute Gasteiger partial charge is 0.454 e. The van der Waals surface area contributed by atoms with Gasteiger partial charge < -0.3 is 4.74 Å². The van der Waals surface area contributed by atoms with Crippen LogP contribution in [0.1, 0.15) is 31.8 Å².